The third-order valence-electron chi connectivity index (χ3n) is 3.26. The molecule has 0 spiro atoms. The zero-order valence-electron chi connectivity index (χ0n) is 9.71. The number of likely N-dealkylation sites (tertiary alicyclic amines) is 1. The first kappa shape index (κ1) is 12.0. The van der Waals surface area contributed by atoms with Gasteiger partial charge < -0.3 is 10.0 Å². The Bertz CT molecular complexity index is 135. The number of aliphatic hydroxyl groups is 1. The van der Waals surface area contributed by atoms with Crippen molar-refractivity contribution in [3.05, 3.63) is 0 Å². The van der Waals surface area contributed by atoms with E-state index in [4.69, 9.17) is 0 Å². The van der Waals surface area contributed by atoms with Crippen LogP contribution in [0.3, 0.4) is 0 Å². The molecule has 1 heterocycles. The maximum atomic E-state index is 9.44. The van der Waals surface area contributed by atoms with Gasteiger partial charge in [-0.3, -0.25) is 0 Å². The maximum absolute atomic E-state index is 9.44. The van der Waals surface area contributed by atoms with Gasteiger partial charge in [0.25, 0.3) is 0 Å². The number of nitrogens with zero attached hydrogens (tertiary/aromatic N) is 1. The zero-order chi connectivity index (χ0) is 10.4. The first-order valence-corrected chi connectivity index (χ1v) is 6.20. The Labute approximate surface area is 88.3 Å². The Morgan fingerprint density at radius 2 is 1.64 bits per heavy atom. The predicted molar refractivity (Wildman–Crippen MR) is 60.4 cm³/mol. The van der Waals surface area contributed by atoms with E-state index in [1.807, 2.05) is 0 Å². The Morgan fingerprint density at radius 3 is 2.07 bits per heavy atom. The van der Waals surface area contributed by atoms with Crippen LogP contribution in [0.25, 0.3) is 0 Å². The smallest absolute Gasteiger partial charge is 0.0564 e. The molecule has 1 aliphatic rings. The van der Waals surface area contributed by atoms with Gasteiger partial charge in [-0.2, -0.15) is 0 Å². The van der Waals surface area contributed by atoms with Crippen molar-refractivity contribution in [2.45, 2.75) is 64.5 Å². The minimum absolute atomic E-state index is 0.0323. The highest BCUT2D eigenvalue weighted by Crippen LogP contribution is 2.19. The largest absolute Gasteiger partial charge is 0.393 e. The average Bonchev–Trinajstić information content (AvgIpc) is 2.19. The second-order valence-electron chi connectivity index (χ2n) is 4.50. The highest BCUT2D eigenvalue weighted by atomic mass is 16.3. The van der Waals surface area contributed by atoms with Crippen LogP contribution in [0.4, 0.5) is 0 Å². The molecule has 0 aromatic rings. The Kier molecular flexibility index (Phi) is 5.49. The molecule has 84 valence electrons. The van der Waals surface area contributed by atoms with Crippen LogP contribution >= 0.6 is 0 Å². The highest BCUT2D eigenvalue weighted by Gasteiger charge is 2.22. The molecule has 0 bridgehead atoms. The van der Waals surface area contributed by atoms with Crippen molar-refractivity contribution in [2.24, 2.45) is 0 Å². The lowest BCUT2D eigenvalue weighted by molar-refractivity contribution is 0.0557. The van der Waals surface area contributed by atoms with Crippen molar-refractivity contribution in [3.8, 4) is 0 Å². The second kappa shape index (κ2) is 6.41. The number of rotatable bonds is 5. The van der Waals surface area contributed by atoms with E-state index in [-0.39, 0.29) is 6.10 Å². The summed E-state index contributed by atoms with van der Waals surface area (Å²) in [5.41, 5.74) is 0. The highest BCUT2D eigenvalue weighted by molar-refractivity contribution is 4.77. The van der Waals surface area contributed by atoms with Gasteiger partial charge in [-0.25, -0.2) is 0 Å². The standard InChI is InChI=1S/C12H25NO/c1-3-5-11(6-4-2)13-9-7-12(14)8-10-13/h11-12,14H,3-10H2,1-2H3. The molecule has 0 aromatic carbocycles. The molecule has 2 heteroatoms. The Morgan fingerprint density at radius 1 is 1.14 bits per heavy atom. The Balaban J connectivity index is 2.34. The lowest BCUT2D eigenvalue weighted by atomic mass is 10.00. The average molecular weight is 199 g/mol. The molecule has 1 fully saturated rings. The summed E-state index contributed by atoms with van der Waals surface area (Å²) in [6.07, 6.45) is 7.13. The summed E-state index contributed by atoms with van der Waals surface area (Å²) in [6, 6.07) is 0.775. The summed E-state index contributed by atoms with van der Waals surface area (Å²) in [6.45, 7) is 6.74. The van der Waals surface area contributed by atoms with Crippen LogP contribution in [-0.2, 0) is 0 Å². The van der Waals surface area contributed by atoms with Gasteiger partial charge in [-0.05, 0) is 25.7 Å². The molecular weight excluding hydrogens is 174 g/mol. The lowest BCUT2D eigenvalue weighted by Gasteiger charge is -2.36. The summed E-state index contributed by atoms with van der Waals surface area (Å²) < 4.78 is 0. The summed E-state index contributed by atoms with van der Waals surface area (Å²) in [7, 11) is 0. The van der Waals surface area contributed by atoms with Gasteiger partial charge in [0, 0.05) is 19.1 Å². The molecule has 0 amide bonds. The molecule has 0 radical (unpaired) electrons. The van der Waals surface area contributed by atoms with Crippen LogP contribution in [0.2, 0.25) is 0 Å². The van der Waals surface area contributed by atoms with Crippen LogP contribution in [0.5, 0.6) is 0 Å². The molecule has 0 unspecified atom stereocenters. The van der Waals surface area contributed by atoms with Crippen LogP contribution < -0.4 is 0 Å². The third kappa shape index (κ3) is 3.58. The van der Waals surface area contributed by atoms with Crippen LogP contribution in [0, 0.1) is 0 Å². The fourth-order valence-electron chi connectivity index (χ4n) is 2.43. The molecule has 0 aliphatic carbocycles. The molecule has 0 saturated carbocycles. The van der Waals surface area contributed by atoms with E-state index in [9.17, 15) is 5.11 Å². The van der Waals surface area contributed by atoms with E-state index in [0.717, 1.165) is 32.0 Å². The molecule has 1 N–H and O–H groups in total. The van der Waals surface area contributed by atoms with Gasteiger partial charge in [0.15, 0.2) is 0 Å². The molecule has 1 saturated heterocycles. The van der Waals surface area contributed by atoms with Gasteiger partial charge >= 0.3 is 0 Å². The molecule has 14 heavy (non-hydrogen) atoms. The predicted octanol–water partition coefficient (Wildman–Crippen LogP) is 2.41. The van der Waals surface area contributed by atoms with Gasteiger partial charge in [0.2, 0.25) is 0 Å². The van der Waals surface area contributed by atoms with E-state index in [2.05, 4.69) is 18.7 Å². The van der Waals surface area contributed by atoms with E-state index >= 15 is 0 Å². The van der Waals surface area contributed by atoms with Crippen molar-refractivity contribution < 1.29 is 5.11 Å². The van der Waals surface area contributed by atoms with Gasteiger partial charge in [0.1, 0.15) is 0 Å². The quantitative estimate of drug-likeness (QED) is 0.735. The minimum Gasteiger partial charge on any atom is -0.393 e. The first-order valence-electron chi connectivity index (χ1n) is 6.20. The van der Waals surface area contributed by atoms with Crippen LogP contribution in [-0.4, -0.2) is 35.2 Å². The summed E-state index contributed by atoms with van der Waals surface area (Å²) >= 11 is 0. The molecular formula is C12H25NO. The van der Waals surface area contributed by atoms with E-state index in [1.54, 1.807) is 0 Å². The number of aliphatic hydroxyl groups excluding tert-OH is 1. The fourth-order valence-corrected chi connectivity index (χ4v) is 2.43. The number of piperidine rings is 1. The first-order chi connectivity index (χ1) is 6.77. The summed E-state index contributed by atoms with van der Waals surface area (Å²) in [5, 5.41) is 9.44. The maximum Gasteiger partial charge on any atom is 0.0564 e. The molecule has 1 aliphatic heterocycles. The Hall–Kier alpha value is -0.0800. The third-order valence-corrected chi connectivity index (χ3v) is 3.26. The molecule has 1 rings (SSSR count). The van der Waals surface area contributed by atoms with Crippen molar-refractivity contribution in [2.75, 3.05) is 13.1 Å². The molecule has 0 atom stereocenters. The molecule has 0 aromatic heterocycles. The second-order valence-corrected chi connectivity index (χ2v) is 4.50. The van der Waals surface area contributed by atoms with E-state index < -0.39 is 0 Å². The topological polar surface area (TPSA) is 23.5 Å². The van der Waals surface area contributed by atoms with Crippen LogP contribution in [0.1, 0.15) is 52.4 Å². The SMILES string of the molecule is CCCC(CCC)N1CCC(O)CC1. The van der Waals surface area contributed by atoms with Crippen molar-refractivity contribution in [1.82, 2.24) is 4.90 Å². The van der Waals surface area contributed by atoms with E-state index in [1.165, 1.54) is 25.7 Å². The van der Waals surface area contributed by atoms with Crippen LogP contribution in [0.15, 0.2) is 0 Å². The lowest BCUT2D eigenvalue weighted by Crippen LogP contribution is -2.42. The molecule has 2 nitrogen and oxygen atoms in total. The normalized spacial score (nSPS) is 20.6. The van der Waals surface area contributed by atoms with Gasteiger partial charge in [-0.1, -0.05) is 26.7 Å². The number of hydrogen-bond acceptors (Lipinski definition) is 2. The van der Waals surface area contributed by atoms with Crippen molar-refractivity contribution >= 4 is 0 Å². The number of hydrogen-bond donors (Lipinski definition) is 1. The minimum atomic E-state index is -0.0323. The van der Waals surface area contributed by atoms with E-state index in [0.29, 0.717) is 0 Å². The van der Waals surface area contributed by atoms with Crippen molar-refractivity contribution in [3.63, 3.8) is 0 Å². The van der Waals surface area contributed by atoms with Gasteiger partial charge in [-0.15, -0.1) is 0 Å². The zero-order valence-corrected chi connectivity index (χ0v) is 9.71. The van der Waals surface area contributed by atoms with Gasteiger partial charge in [0.05, 0.1) is 6.10 Å². The van der Waals surface area contributed by atoms with Crippen molar-refractivity contribution in [1.29, 1.82) is 0 Å². The summed E-state index contributed by atoms with van der Waals surface area (Å²) in [5.74, 6) is 0. The summed E-state index contributed by atoms with van der Waals surface area (Å²) in [4.78, 5) is 2.58. The monoisotopic (exact) mass is 199 g/mol. The fraction of sp³-hybridized carbons (Fsp3) is 1.00.